The van der Waals surface area contributed by atoms with E-state index in [1.807, 2.05) is 0 Å². The van der Waals surface area contributed by atoms with Gasteiger partial charge in [0.2, 0.25) is 0 Å². The molecule has 0 radical (unpaired) electrons. The van der Waals surface area contributed by atoms with E-state index in [0.29, 0.717) is 5.25 Å². The van der Waals surface area contributed by atoms with Gasteiger partial charge in [0.05, 0.1) is 0 Å². The van der Waals surface area contributed by atoms with Gasteiger partial charge in [-0.05, 0) is 24.5 Å². The van der Waals surface area contributed by atoms with Gasteiger partial charge in [0, 0.05) is 17.5 Å². The summed E-state index contributed by atoms with van der Waals surface area (Å²) in [5.74, 6) is 0. The molecular weight excluding hydrogens is 232 g/mol. The van der Waals surface area contributed by atoms with Crippen molar-refractivity contribution in [1.82, 2.24) is 15.2 Å². The van der Waals surface area contributed by atoms with Gasteiger partial charge >= 0.3 is 0 Å². The Morgan fingerprint density at radius 1 is 1.29 bits per heavy atom. The van der Waals surface area contributed by atoms with Gasteiger partial charge in [-0.25, -0.2) is 4.98 Å². The van der Waals surface area contributed by atoms with Crippen molar-refractivity contribution in [1.29, 1.82) is 0 Å². The summed E-state index contributed by atoms with van der Waals surface area (Å²) in [5, 5.41) is 11.7. The summed E-state index contributed by atoms with van der Waals surface area (Å²) in [6, 6.07) is 8.53. The van der Waals surface area contributed by atoms with Crippen molar-refractivity contribution in [3.8, 4) is 0 Å². The fraction of sp³-hybridized carbons (Fsp3) is 0.333. The number of aromatic nitrogens is 3. The number of nitrogens with one attached hydrogen (secondary N) is 2. The van der Waals surface area contributed by atoms with E-state index in [0.717, 1.165) is 24.5 Å². The molecule has 3 rings (SSSR count). The van der Waals surface area contributed by atoms with Crippen molar-refractivity contribution < 1.29 is 0 Å². The number of benzene rings is 1. The minimum Gasteiger partial charge on any atom is -0.384 e. The van der Waals surface area contributed by atoms with Crippen LogP contribution in [0.25, 0.3) is 0 Å². The number of rotatable bonds is 2. The molecule has 1 aromatic carbocycles. The maximum absolute atomic E-state index is 4.16. The molecule has 1 atom stereocenters. The van der Waals surface area contributed by atoms with Crippen molar-refractivity contribution in [2.24, 2.45) is 0 Å². The van der Waals surface area contributed by atoms with E-state index >= 15 is 0 Å². The number of para-hydroxylation sites is 1. The Bertz CT molecular complexity index is 456. The van der Waals surface area contributed by atoms with Crippen LogP contribution in [0.5, 0.6) is 0 Å². The molecule has 1 aromatic heterocycles. The first-order valence-corrected chi connectivity index (χ1v) is 6.63. The summed E-state index contributed by atoms with van der Waals surface area (Å²) >= 11 is 1.76. The standard InChI is InChI=1S/C12H14N4S/c1-2-4-11-9(3-1)5-6-10(7-13-11)17-12-14-8-15-16-12/h1-4,8,10,13H,5-7H2,(H,14,15,16). The molecule has 0 saturated heterocycles. The van der Waals surface area contributed by atoms with Crippen molar-refractivity contribution in [2.75, 3.05) is 11.9 Å². The second-order valence-electron chi connectivity index (χ2n) is 4.11. The maximum atomic E-state index is 4.16. The van der Waals surface area contributed by atoms with E-state index in [-0.39, 0.29) is 0 Å². The van der Waals surface area contributed by atoms with Crippen LogP contribution in [0.1, 0.15) is 12.0 Å². The van der Waals surface area contributed by atoms with Gasteiger partial charge in [-0.2, -0.15) is 5.10 Å². The third-order valence-electron chi connectivity index (χ3n) is 2.94. The monoisotopic (exact) mass is 246 g/mol. The highest BCUT2D eigenvalue weighted by Crippen LogP contribution is 2.28. The fourth-order valence-electron chi connectivity index (χ4n) is 2.06. The zero-order valence-corrected chi connectivity index (χ0v) is 10.2. The third kappa shape index (κ3) is 2.44. The van der Waals surface area contributed by atoms with Crippen molar-refractivity contribution in [3.05, 3.63) is 36.2 Å². The van der Waals surface area contributed by atoms with Crippen LogP contribution in [-0.4, -0.2) is 27.0 Å². The molecule has 2 heterocycles. The number of aryl methyl sites for hydroxylation is 1. The van der Waals surface area contributed by atoms with Gasteiger partial charge in [0.25, 0.3) is 0 Å². The van der Waals surface area contributed by atoms with E-state index in [2.05, 4.69) is 44.8 Å². The Balaban J connectivity index is 1.69. The van der Waals surface area contributed by atoms with Crippen molar-refractivity contribution in [3.63, 3.8) is 0 Å². The lowest BCUT2D eigenvalue weighted by molar-refractivity contribution is 0.797. The number of hydrogen-bond donors (Lipinski definition) is 2. The van der Waals surface area contributed by atoms with Gasteiger partial charge < -0.3 is 5.32 Å². The first-order valence-electron chi connectivity index (χ1n) is 5.75. The summed E-state index contributed by atoms with van der Waals surface area (Å²) < 4.78 is 0. The quantitative estimate of drug-likeness (QED) is 0.854. The number of H-pyrrole nitrogens is 1. The summed E-state index contributed by atoms with van der Waals surface area (Å²) in [5.41, 5.74) is 2.68. The highest BCUT2D eigenvalue weighted by Gasteiger charge is 2.17. The zero-order valence-electron chi connectivity index (χ0n) is 9.39. The first-order chi connectivity index (χ1) is 8.42. The van der Waals surface area contributed by atoms with E-state index in [9.17, 15) is 0 Å². The zero-order chi connectivity index (χ0) is 11.5. The van der Waals surface area contributed by atoms with E-state index in [1.165, 1.54) is 11.3 Å². The Kier molecular flexibility index (Phi) is 3.00. The molecule has 0 saturated carbocycles. The second kappa shape index (κ2) is 4.79. The Labute approximate surface area is 104 Å². The minimum atomic E-state index is 0.537. The van der Waals surface area contributed by atoms with Gasteiger partial charge in [-0.1, -0.05) is 30.0 Å². The van der Waals surface area contributed by atoms with Crippen molar-refractivity contribution >= 4 is 17.4 Å². The lowest BCUT2D eigenvalue weighted by Gasteiger charge is -2.11. The number of aromatic amines is 1. The molecule has 88 valence electrons. The van der Waals surface area contributed by atoms with Gasteiger partial charge in [-0.15, -0.1) is 0 Å². The predicted molar refractivity (Wildman–Crippen MR) is 69.3 cm³/mol. The van der Waals surface area contributed by atoms with Gasteiger partial charge in [-0.3, -0.25) is 5.10 Å². The Morgan fingerprint density at radius 2 is 2.24 bits per heavy atom. The van der Waals surface area contributed by atoms with E-state index < -0.39 is 0 Å². The summed E-state index contributed by atoms with van der Waals surface area (Å²) in [4.78, 5) is 4.16. The Hall–Kier alpha value is -1.49. The summed E-state index contributed by atoms with van der Waals surface area (Å²) in [6.07, 6.45) is 3.84. The molecule has 0 fully saturated rings. The summed E-state index contributed by atoms with van der Waals surface area (Å²) in [6.45, 7) is 0.975. The molecule has 17 heavy (non-hydrogen) atoms. The van der Waals surface area contributed by atoms with Crippen LogP contribution in [0.3, 0.4) is 0 Å². The smallest absolute Gasteiger partial charge is 0.183 e. The van der Waals surface area contributed by atoms with E-state index in [4.69, 9.17) is 0 Å². The second-order valence-corrected chi connectivity index (χ2v) is 5.40. The van der Waals surface area contributed by atoms with Crippen LogP contribution >= 0.6 is 11.8 Å². The van der Waals surface area contributed by atoms with Crippen LogP contribution in [0.15, 0.2) is 35.7 Å². The first kappa shape index (κ1) is 10.7. The van der Waals surface area contributed by atoms with Crippen LogP contribution in [-0.2, 0) is 6.42 Å². The molecule has 0 bridgehead atoms. The van der Waals surface area contributed by atoms with Crippen LogP contribution in [0.2, 0.25) is 0 Å². The minimum absolute atomic E-state index is 0.537. The summed E-state index contributed by atoms with van der Waals surface area (Å²) in [7, 11) is 0. The highest BCUT2D eigenvalue weighted by molar-refractivity contribution is 7.99. The number of anilines is 1. The fourth-order valence-corrected chi connectivity index (χ4v) is 2.99. The average molecular weight is 246 g/mol. The molecule has 1 aliphatic rings. The lowest BCUT2D eigenvalue weighted by atomic mass is 10.1. The lowest BCUT2D eigenvalue weighted by Crippen LogP contribution is -2.14. The predicted octanol–water partition coefficient (Wildman–Crippen LogP) is 2.32. The van der Waals surface area contributed by atoms with Crippen LogP contribution < -0.4 is 5.32 Å². The average Bonchev–Trinajstić information content (AvgIpc) is 2.78. The normalized spacial score (nSPS) is 19.2. The molecule has 0 aliphatic carbocycles. The number of hydrogen-bond acceptors (Lipinski definition) is 4. The van der Waals surface area contributed by atoms with Crippen molar-refractivity contribution in [2.45, 2.75) is 23.2 Å². The van der Waals surface area contributed by atoms with Gasteiger partial charge in [0.1, 0.15) is 6.33 Å². The highest BCUT2D eigenvalue weighted by atomic mass is 32.2. The molecule has 1 unspecified atom stereocenters. The number of thioether (sulfide) groups is 1. The van der Waals surface area contributed by atoms with E-state index in [1.54, 1.807) is 18.1 Å². The SMILES string of the molecule is c1ccc2c(c1)CCC(Sc1ncn[nH]1)CN2. The molecule has 2 aromatic rings. The molecule has 5 heteroatoms. The molecule has 4 nitrogen and oxygen atoms in total. The number of fused-ring (bicyclic) bond motifs is 1. The molecule has 1 aliphatic heterocycles. The third-order valence-corrected chi connectivity index (χ3v) is 4.10. The molecular formula is C12H14N4S. The molecule has 0 amide bonds. The largest absolute Gasteiger partial charge is 0.384 e. The molecule has 0 spiro atoms. The van der Waals surface area contributed by atoms with Crippen LogP contribution in [0, 0.1) is 0 Å². The Morgan fingerprint density at radius 3 is 3.12 bits per heavy atom. The topological polar surface area (TPSA) is 53.6 Å². The van der Waals surface area contributed by atoms with Crippen LogP contribution in [0.4, 0.5) is 5.69 Å². The van der Waals surface area contributed by atoms with Gasteiger partial charge in [0.15, 0.2) is 5.16 Å². The maximum Gasteiger partial charge on any atom is 0.183 e. The molecule has 2 N–H and O–H groups in total. The number of nitrogens with zero attached hydrogens (tertiary/aromatic N) is 2.